The van der Waals surface area contributed by atoms with Crippen LogP contribution in [-0.2, 0) is 11.3 Å². The normalized spacial score (nSPS) is 11.1. The average Bonchev–Trinajstić information content (AvgIpc) is 2.55. The Morgan fingerprint density at radius 2 is 2.12 bits per heavy atom. The fourth-order valence-corrected chi connectivity index (χ4v) is 2.71. The number of halogens is 2. The van der Waals surface area contributed by atoms with E-state index in [1.165, 1.54) is 34.9 Å². The van der Waals surface area contributed by atoms with E-state index in [1.54, 1.807) is 30.1 Å². The van der Waals surface area contributed by atoms with E-state index in [1.807, 2.05) is 0 Å². The summed E-state index contributed by atoms with van der Waals surface area (Å²) in [5, 5.41) is 3.07. The molecule has 0 aliphatic heterocycles. The van der Waals surface area contributed by atoms with E-state index in [4.69, 9.17) is 11.6 Å². The van der Waals surface area contributed by atoms with Gasteiger partial charge in [0.15, 0.2) is 0 Å². The van der Waals surface area contributed by atoms with Crippen LogP contribution in [0.5, 0.6) is 0 Å². The maximum absolute atomic E-state index is 13.1. The Bertz CT molecular complexity index is 1020. The third-order valence-corrected chi connectivity index (χ3v) is 3.85. The van der Waals surface area contributed by atoms with Crippen LogP contribution >= 0.6 is 11.6 Å². The number of carbonyl (C=O) groups is 1. The zero-order chi connectivity index (χ0) is 18.7. The van der Waals surface area contributed by atoms with Gasteiger partial charge in [-0.3, -0.25) is 18.9 Å². The third kappa shape index (κ3) is 4.44. The van der Waals surface area contributed by atoms with Gasteiger partial charge in [0.2, 0.25) is 5.91 Å². The third-order valence-electron chi connectivity index (χ3n) is 3.63. The Morgan fingerprint density at radius 1 is 1.31 bits per heavy atom. The highest BCUT2D eigenvalue weighted by Crippen LogP contribution is 2.10. The quantitative estimate of drug-likeness (QED) is 0.745. The molecule has 0 fully saturated rings. The van der Waals surface area contributed by atoms with Gasteiger partial charge in [-0.15, -0.1) is 0 Å². The molecule has 0 saturated carbocycles. The van der Waals surface area contributed by atoms with Crippen molar-refractivity contribution in [1.82, 2.24) is 14.3 Å². The first-order valence-corrected chi connectivity index (χ1v) is 8.20. The SMILES string of the molecule is CN(CC(=O)Nc1cccc(F)c1)Cc1cc(=O)n2cc(Cl)ccc2n1. The number of benzene rings is 1. The van der Waals surface area contributed by atoms with Crippen molar-refractivity contribution < 1.29 is 9.18 Å². The number of amides is 1. The molecule has 1 aromatic carbocycles. The Labute approximate surface area is 153 Å². The van der Waals surface area contributed by atoms with Crippen LogP contribution < -0.4 is 10.9 Å². The van der Waals surface area contributed by atoms with Crippen molar-refractivity contribution in [1.29, 1.82) is 0 Å². The van der Waals surface area contributed by atoms with Crippen LogP contribution in [0.15, 0.2) is 53.5 Å². The molecule has 0 bridgehead atoms. The molecule has 3 rings (SSSR count). The van der Waals surface area contributed by atoms with Crippen LogP contribution in [-0.4, -0.2) is 33.8 Å². The lowest BCUT2D eigenvalue weighted by atomic mass is 10.3. The van der Waals surface area contributed by atoms with Crippen molar-refractivity contribution in [3.63, 3.8) is 0 Å². The molecule has 0 aliphatic rings. The number of anilines is 1. The van der Waals surface area contributed by atoms with Crippen LogP contribution in [0.2, 0.25) is 5.02 Å². The van der Waals surface area contributed by atoms with Gasteiger partial charge in [-0.1, -0.05) is 17.7 Å². The number of nitrogens with one attached hydrogen (secondary N) is 1. The van der Waals surface area contributed by atoms with E-state index in [2.05, 4.69) is 10.3 Å². The Morgan fingerprint density at radius 3 is 2.88 bits per heavy atom. The standard InChI is InChI=1S/C18H16ClFN4O2/c1-23(11-17(25)22-14-4-2-3-13(20)7-14)10-15-8-18(26)24-9-12(19)5-6-16(24)21-15/h2-9H,10-11H2,1H3,(H,22,25). The molecule has 2 heterocycles. The Kier molecular flexibility index (Phi) is 5.29. The predicted molar refractivity (Wildman–Crippen MR) is 97.8 cm³/mol. The van der Waals surface area contributed by atoms with Gasteiger partial charge in [0, 0.05) is 24.5 Å². The van der Waals surface area contributed by atoms with Crippen molar-refractivity contribution in [2.24, 2.45) is 0 Å². The van der Waals surface area contributed by atoms with Crippen LogP contribution in [0.3, 0.4) is 0 Å². The smallest absolute Gasteiger partial charge is 0.258 e. The highest BCUT2D eigenvalue weighted by molar-refractivity contribution is 6.30. The molecule has 0 spiro atoms. The summed E-state index contributed by atoms with van der Waals surface area (Å²) in [5.74, 6) is -0.709. The van der Waals surface area contributed by atoms with Crippen molar-refractivity contribution in [3.05, 3.63) is 75.5 Å². The van der Waals surface area contributed by atoms with Crippen LogP contribution in [0, 0.1) is 5.82 Å². The molecule has 0 unspecified atom stereocenters. The number of fused-ring (bicyclic) bond motifs is 1. The maximum Gasteiger partial charge on any atom is 0.258 e. The van der Waals surface area contributed by atoms with Crippen molar-refractivity contribution in [2.75, 3.05) is 18.9 Å². The number of hydrogen-bond acceptors (Lipinski definition) is 4. The van der Waals surface area contributed by atoms with E-state index in [-0.39, 0.29) is 18.0 Å². The fraction of sp³-hybridized carbons (Fsp3) is 0.167. The number of likely N-dealkylation sites (N-methyl/N-ethyl adjacent to an activating group) is 1. The van der Waals surface area contributed by atoms with E-state index >= 15 is 0 Å². The number of carbonyl (C=O) groups excluding carboxylic acids is 1. The summed E-state index contributed by atoms with van der Waals surface area (Å²) in [4.78, 5) is 30.3. The molecule has 2 aromatic heterocycles. The number of rotatable bonds is 5. The van der Waals surface area contributed by atoms with Gasteiger partial charge < -0.3 is 5.32 Å². The fourth-order valence-electron chi connectivity index (χ4n) is 2.55. The minimum absolute atomic E-state index is 0.0676. The first kappa shape index (κ1) is 18.0. The molecule has 3 aromatic rings. The number of nitrogens with zero attached hydrogens (tertiary/aromatic N) is 3. The topological polar surface area (TPSA) is 66.7 Å². The lowest BCUT2D eigenvalue weighted by molar-refractivity contribution is -0.117. The molecule has 26 heavy (non-hydrogen) atoms. The Balaban J connectivity index is 1.67. The lowest BCUT2D eigenvalue weighted by Gasteiger charge is -2.16. The average molecular weight is 375 g/mol. The summed E-state index contributed by atoms with van der Waals surface area (Å²) in [7, 11) is 1.73. The van der Waals surface area contributed by atoms with Gasteiger partial charge in [0.25, 0.3) is 5.56 Å². The van der Waals surface area contributed by atoms with E-state index in [0.717, 1.165) is 0 Å². The van der Waals surface area contributed by atoms with Gasteiger partial charge in [0.05, 0.1) is 17.3 Å². The largest absolute Gasteiger partial charge is 0.325 e. The molecule has 1 N–H and O–H groups in total. The molecular formula is C18H16ClFN4O2. The molecule has 0 atom stereocenters. The number of hydrogen-bond donors (Lipinski definition) is 1. The van der Waals surface area contributed by atoms with E-state index in [0.29, 0.717) is 28.6 Å². The van der Waals surface area contributed by atoms with Crippen molar-refractivity contribution in [3.8, 4) is 0 Å². The second-order valence-electron chi connectivity index (χ2n) is 5.89. The highest BCUT2D eigenvalue weighted by Gasteiger charge is 2.10. The first-order chi connectivity index (χ1) is 12.4. The monoisotopic (exact) mass is 374 g/mol. The van der Waals surface area contributed by atoms with Crippen LogP contribution in [0.1, 0.15) is 5.69 Å². The summed E-state index contributed by atoms with van der Waals surface area (Å²) in [5.41, 5.74) is 1.17. The van der Waals surface area contributed by atoms with Crippen molar-refractivity contribution in [2.45, 2.75) is 6.54 Å². The van der Waals surface area contributed by atoms with E-state index in [9.17, 15) is 14.0 Å². The zero-order valence-electron chi connectivity index (χ0n) is 13.9. The molecule has 1 amide bonds. The molecule has 0 aliphatic carbocycles. The number of pyridine rings is 1. The molecule has 134 valence electrons. The molecule has 8 heteroatoms. The Hall–Kier alpha value is -2.77. The molecule has 0 radical (unpaired) electrons. The highest BCUT2D eigenvalue weighted by atomic mass is 35.5. The number of aromatic nitrogens is 2. The summed E-state index contributed by atoms with van der Waals surface area (Å²) in [6, 6.07) is 10.4. The molecule has 0 saturated heterocycles. The lowest BCUT2D eigenvalue weighted by Crippen LogP contribution is -2.30. The summed E-state index contributed by atoms with van der Waals surface area (Å²) in [6.07, 6.45) is 1.51. The second-order valence-corrected chi connectivity index (χ2v) is 6.33. The van der Waals surface area contributed by atoms with Gasteiger partial charge in [-0.05, 0) is 37.4 Å². The minimum Gasteiger partial charge on any atom is -0.325 e. The predicted octanol–water partition coefficient (Wildman–Crippen LogP) is 2.56. The van der Waals surface area contributed by atoms with Crippen LogP contribution in [0.25, 0.3) is 5.65 Å². The summed E-state index contributed by atoms with van der Waals surface area (Å²) in [6.45, 7) is 0.378. The molecule has 6 nitrogen and oxygen atoms in total. The van der Waals surface area contributed by atoms with Crippen molar-refractivity contribution >= 4 is 28.8 Å². The zero-order valence-corrected chi connectivity index (χ0v) is 14.7. The maximum atomic E-state index is 13.1. The second kappa shape index (κ2) is 7.63. The van der Waals surface area contributed by atoms with E-state index < -0.39 is 5.82 Å². The minimum atomic E-state index is -0.419. The summed E-state index contributed by atoms with van der Waals surface area (Å²) >= 11 is 5.88. The summed E-state index contributed by atoms with van der Waals surface area (Å²) < 4.78 is 14.5. The molecular weight excluding hydrogens is 359 g/mol. The van der Waals surface area contributed by atoms with Gasteiger partial charge in [-0.2, -0.15) is 0 Å². The van der Waals surface area contributed by atoms with Gasteiger partial charge in [0.1, 0.15) is 11.5 Å². The van der Waals surface area contributed by atoms with Gasteiger partial charge >= 0.3 is 0 Å². The first-order valence-electron chi connectivity index (χ1n) is 7.82. The van der Waals surface area contributed by atoms with Gasteiger partial charge in [-0.25, -0.2) is 9.37 Å². The van der Waals surface area contributed by atoms with Crippen LogP contribution in [0.4, 0.5) is 10.1 Å².